The number of thiophene rings is 1. The Kier molecular flexibility index (Phi) is 3.35. The molecule has 7 heteroatoms. The van der Waals surface area contributed by atoms with Gasteiger partial charge in [-0.3, -0.25) is 0 Å². The summed E-state index contributed by atoms with van der Waals surface area (Å²) in [5.74, 6) is 1.43. The van der Waals surface area contributed by atoms with Crippen molar-refractivity contribution in [3.8, 4) is 0 Å². The quantitative estimate of drug-likeness (QED) is 0.694. The first-order valence-electron chi connectivity index (χ1n) is 5.91. The van der Waals surface area contributed by atoms with Gasteiger partial charge in [-0.2, -0.15) is 19.6 Å². The van der Waals surface area contributed by atoms with Crippen LogP contribution in [0.15, 0.2) is 29.9 Å². The van der Waals surface area contributed by atoms with Crippen LogP contribution >= 0.6 is 22.9 Å². The summed E-state index contributed by atoms with van der Waals surface area (Å²) in [6.07, 6.45) is 1.49. The number of rotatable bonds is 4. The Morgan fingerprint density at radius 2 is 2.37 bits per heavy atom. The molecule has 0 unspecified atom stereocenters. The highest BCUT2D eigenvalue weighted by Crippen LogP contribution is 2.22. The molecule has 19 heavy (non-hydrogen) atoms. The molecule has 3 rings (SSSR count). The van der Waals surface area contributed by atoms with E-state index >= 15 is 0 Å². The molecule has 0 amide bonds. The van der Waals surface area contributed by atoms with E-state index in [0.29, 0.717) is 10.9 Å². The first kappa shape index (κ1) is 12.4. The van der Waals surface area contributed by atoms with E-state index in [1.54, 1.807) is 15.9 Å². The van der Waals surface area contributed by atoms with E-state index in [0.717, 1.165) is 18.9 Å². The molecule has 0 saturated carbocycles. The van der Waals surface area contributed by atoms with Gasteiger partial charge in [-0.25, -0.2) is 0 Å². The van der Waals surface area contributed by atoms with Crippen LogP contribution in [0.1, 0.15) is 11.8 Å². The lowest BCUT2D eigenvalue weighted by Crippen LogP contribution is -2.24. The molecule has 0 aliphatic rings. The molecule has 0 aliphatic heterocycles. The molecular formula is C12H12ClN5S. The molecule has 3 aromatic heterocycles. The highest BCUT2D eigenvalue weighted by Gasteiger charge is 2.13. The second kappa shape index (κ2) is 5.14. The minimum atomic E-state index is 0.431. The number of nitrogens with zero attached hydrogens (tertiary/aromatic N) is 5. The van der Waals surface area contributed by atoms with Gasteiger partial charge in [-0.05, 0) is 18.4 Å². The third-order valence-electron chi connectivity index (χ3n) is 2.83. The Labute approximate surface area is 119 Å². The summed E-state index contributed by atoms with van der Waals surface area (Å²) in [7, 11) is 0. The van der Waals surface area contributed by atoms with Crippen LogP contribution in [-0.2, 0) is 6.54 Å². The van der Waals surface area contributed by atoms with Crippen LogP contribution in [0, 0.1) is 0 Å². The van der Waals surface area contributed by atoms with E-state index in [9.17, 15) is 0 Å². The van der Waals surface area contributed by atoms with E-state index in [2.05, 4.69) is 44.4 Å². The summed E-state index contributed by atoms with van der Waals surface area (Å²) in [5.41, 5.74) is 0. The Hall–Kier alpha value is -1.66. The third-order valence-corrected chi connectivity index (χ3v) is 3.89. The van der Waals surface area contributed by atoms with Crippen LogP contribution in [0.4, 0.5) is 5.82 Å². The Bertz CT molecular complexity index is 679. The predicted molar refractivity (Wildman–Crippen MR) is 76.8 cm³/mol. The van der Waals surface area contributed by atoms with E-state index in [1.165, 1.54) is 11.2 Å². The van der Waals surface area contributed by atoms with Gasteiger partial charge in [0.2, 0.25) is 0 Å². The Morgan fingerprint density at radius 3 is 3.11 bits per heavy atom. The third kappa shape index (κ3) is 2.41. The monoisotopic (exact) mass is 293 g/mol. The summed E-state index contributed by atoms with van der Waals surface area (Å²) in [6.45, 7) is 3.78. The number of aromatic nitrogens is 4. The molecule has 0 radical (unpaired) electrons. The van der Waals surface area contributed by atoms with Gasteiger partial charge < -0.3 is 4.90 Å². The molecule has 0 atom stereocenters. The van der Waals surface area contributed by atoms with E-state index < -0.39 is 0 Å². The van der Waals surface area contributed by atoms with Gasteiger partial charge in [0.15, 0.2) is 0 Å². The van der Waals surface area contributed by atoms with Crippen LogP contribution in [0.3, 0.4) is 0 Å². The van der Waals surface area contributed by atoms with Crippen molar-refractivity contribution in [1.29, 1.82) is 0 Å². The molecule has 0 N–H and O–H groups in total. The maximum absolute atomic E-state index is 6.05. The summed E-state index contributed by atoms with van der Waals surface area (Å²) in [4.78, 5) is 11.7. The second-order valence-corrected chi connectivity index (χ2v) is 5.42. The van der Waals surface area contributed by atoms with Crippen molar-refractivity contribution in [3.63, 3.8) is 0 Å². The first-order chi connectivity index (χ1) is 9.28. The largest absolute Gasteiger partial charge is 0.351 e. The van der Waals surface area contributed by atoms with Crippen LogP contribution in [0.5, 0.6) is 0 Å². The average molecular weight is 294 g/mol. The standard InChI is InChI=1S/C12H12ClN5S/c1-2-17(7-9-4-3-5-19-9)11-6-10(13)16-12-14-8-15-18(11)12/h3-6,8H,2,7H2,1H3. The molecule has 0 saturated heterocycles. The van der Waals surface area contributed by atoms with Crippen molar-refractivity contribution in [2.45, 2.75) is 13.5 Å². The number of anilines is 1. The van der Waals surface area contributed by atoms with Gasteiger partial charge >= 0.3 is 0 Å². The number of hydrogen-bond donors (Lipinski definition) is 0. The van der Waals surface area contributed by atoms with E-state index in [4.69, 9.17) is 11.6 Å². The molecule has 3 aromatic rings. The highest BCUT2D eigenvalue weighted by atomic mass is 35.5. The van der Waals surface area contributed by atoms with Crippen molar-refractivity contribution in [1.82, 2.24) is 19.6 Å². The molecule has 98 valence electrons. The van der Waals surface area contributed by atoms with Crippen LogP contribution in [0.2, 0.25) is 5.15 Å². The highest BCUT2D eigenvalue weighted by molar-refractivity contribution is 7.09. The summed E-state index contributed by atoms with van der Waals surface area (Å²) in [5, 5.41) is 6.71. The van der Waals surface area contributed by atoms with Gasteiger partial charge in [0.25, 0.3) is 5.78 Å². The Morgan fingerprint density at radius 1 is 1.47 bits per heavy atom. The predicted octanol–water partition coefficient (Wildman–Crippen LogP) is 2.87. The Balaban J connectivity index is 2.03. The SMILES string of the molecule is CCN(Cc1cccs1)c1cc(Cl)nc2ncnn12. The fraction of sp³-hybridized carbons (Fsp3) is 0.250. The zero-order valence-corrected chi connectivity index (χ0v) is 11.9. The van der Waals surface area contributed by atoms with Gasteiger partial charge in [-0.1, -0.05) is 17.7 Å². The van der Waals surface area contributed by atoms with Crippen LogP contribution in [0.25, 0.3) is 5.78 Å². The minimum absolute atomic E-state index is 0.431. The van der Waals surface area contributed by atoms with Gasteiger partial charge in [-0.15, -0.1) is 11.3 Å². The fourth-order valence-corrected chi connectivity index (χ4v) is 2.83. The lowest BCUT2D eigenvalue weighted by molar-refractivity contribution is 0.782. The second-order valence-electron chi connectivity index (χ2n) is 4.00. The molecule has 0 aromatic carbocycles. The summed E-state index contributed by atoms with van der Waals surface area (Å²) >= 11 is 7.78. The summed E-state index contributed by atoms with van der Waals surface area (Å²) in [6, 6.07) is 5.99. The van der Waals surface area contributed by atoms with Crippen molar-refractivity contribution in [2.75, 3.05) is 11.4 Å². The zero-order chi connectivity index (χ0) is 13.2. The van der Waals surface area contributed by atoms with Gasteiger partial charge in [0.05, 0.1) is 6.54 Å². The molecular weight excluding hydrogens is 282 g/mol. The molecule has 0 fully saturated rings. The van der Waals surface area contributed by atoms with Crippen molar-refractivity contribution in [3.05, 3.63) is 39.9 Å². The van der Waals surface area contributed by atoms with Crippen LogP contribution in [-0.4, -0.2) is 26.1 Å². The normalized spacial score (nSPS) is 11.1. The molecule has 0 spiro atoms. The first-order valence-corrected chi connectivity index (χ1v) is 7.17. The van der Waals surface area contributed by atoms with Crippen LogP contribution < -0.4 is 4.90 Å². The zero-order valence-electron chi connectivity index (χ0n) is 10.3. The average Bonchev–Trinajstić information content (AvgIpc) is 3.05. The lowest BCUT2D eigenvalue weighted by Gasteiger charge is -2.22. The molecule has 0 aliphatic carbocycles. The van der Waals surface area contributed by atoms with Gasteiger partial charge in [0, 0.05) is 17.5 Å². The van der Waals surface area contributed by atoms with E-state index in [-0.39, 0.29) is 0 Å². The maximum Gasteiger partial charge on any atom is 0.255 e. The smallest absolute Gasteiger partial charge is 0.255 e. The van der Waals surface area contributed by atoms with Crippen molar-refractivity contribution >= 4 is 34.5 Å². The fourth-order valence-electron chi connectivity index (χ4n) is 1.94. The van der Waals surface area contributed by atoms with Gasteiger partial charge in [0.1, 0.15) is 17.3 Å². The molecule has 0 bridgehead atoms. The number of fused-ring (bicyclic) bond motifs is 1. The number of hydrogen-bond acceptors (Lipinski definition) is 5. The van der Waals surface area contributed by atoms with E-state index in [1.807, 2.05) is 6.07 Å². The topological polar surface area (TPSA) is 46.3 Å². The minimum Gasteiger partial charge on any atom is -0.351 e. The maximum atomic E-state index is 6.05. The number of halogens is 1. The summed E-state index contributed by atoms with van der Waals surface area (Å²) < 4.78 is 1.71. The lowest BCUT2D eigenvalue weighted by atomic mass is 10.4. The molecule has 5 nitrogen and oxygen atoms in total. The molecule has 3 heterocycles. The van der Waals surface area contributed by atoms with Crippen molar-refractivity contribution in [2.24, 2.45) is 0 Å². The van der Waals surface area contributed by atoms with Crippen molar-refractivity contribution < 1.29 is 0 Å².